The van der Waals surface area contributed by atoms with Crippen LogP contribution in [-0.4, -0.2) is 48.2 Å². The molecule has 144 heavy (non-hydrogen) atoms. The van der Waals surface area contributed by atoms with Crippen LogP contribution in [0.25, 0.3) is 285 Å². The third-order valence-electron chi connectivity index (χ3n) is 28.9. The zero-order chi connectivity index (χ0) is 94.6. The van der Waals surface area contributed by atoms with Crippen LogP contribution < -0.4 is 0 Å². The number of hydrogen-bond donors (Lipinski definition) is 0. The molecule has 0 unspecified atom stereocenters. The maximum Gasteiger partial charge on any atom is 0.235 e. The molecular formula is C132H80N10OS. The second kappa shape index (κ2) is 33.3. The normalized spacial score (nSPS) is 11.9. The molecule has 0 amide bonds. The van der Waals surface area contributed by atoms with E-state index < -0.39 is 0 Å². The average Bonchev–Trinajstić information content (AvgIpc) is 1.57. The molecule has 0 atom stereocenters. The maximum atomic E-state index is 6.41. The predicted molar refractivity (Wildman–Crippen MR) is 601 cm³/mol. The van der Waals surface area contributed by atoms with Crippen LogP contribution in [0.2, 0.25) is 0 Å². The number of aromatic nitrogens is 10. The lowest BCUT2D eigenvalue weighted by atomic mass is 9.98. The van der Waals surface area contributed by atoms with Gasteiger partial charge in [-0.15, -0.1) is 11.3 Å². The molecule has 12 heteroatoms. The summed E-state index contributed by atoms with van der Waals surface area (Å²) < 4.78 is 18.1. The SMILES string of the molecule is c1ccc(-c2nc(-n3c4ccccc4c4cc5ccccc5cc43)nc3ccc(-c4cccc5c4oc4ccccc45)cc23)cc1.c1ccc(-c2nc(-n3c4ccccc4c4cc5ccccc5cc43)nc3ccc(-c4cccc5c4sc4ccccc45)cc23)cc1.c1ccc(-c2nc(-n3c4ccccc4c4cc5ccccc5cc43)nc3ccc(-c4cccc5c6ccccc6n(-c6ccccc6)c45)cc23)cc1. The van der Waals surface area contributed by atoms with Crippen LogP contribution in [0.5, 0.6) is 0 Å². The molecule has 11 nitrogen and oxygen atoms in total. The van der Waals surface area contributed by atoms with Crippen LogP contribution in [0.1, 0.15) is 0 Å². The number of furan rings is 1. The highest BCUT2D eigenvalue weighted by Crippen LogP contribution is 2.48. The standard InChI is InChI=1S/C48H30N4.C42H25N3O.C42H25N3S/c1-3-14-31(15-4-1)46-41-29-34(36-22-13-23-39-37-20-9-11-24-43(37)51(47(36)39)35-18-5-2-6-19-35)26-27-42(41)49-48(50-46)52-44-25-12-10-21-38(44)40-28-32-16-7-8-17-33(32)30-45(40)52;2*1-2-11-26(12-3-1)40-35-24-29(30-17-10-18-33-32-16-7-9-20-39(32)46-41(30)33)21-22-36(35)43-42(44-40)45-37-19-8-6-15-31(37)34-23-27-13-4-5-14-28(27)25-38(34)45/h1-30H;2*1-25H. The Hall–Kier alpha value is -19.1. The van der Waals surface area contributed by atoms with E-state index in [4.69, 9.17) is 34.3 Å². The summed E-state index contributed by atoms with van der Waals surface area (Å²) >= 11 is 1.86. The first kappa shape index (κ1) is 82.0. The number of para-hydroxylation sites is 8. The van der Waals surface area contributed by atoms with Crippen molar-refractivity contribution in [2.75, 3.05) is 0 Å². The van der Waals surface area contributed by atoms with Crippen molar-refractivity contribution in [2.24, 2.45) is 0 Å². The van der Waals surface area contributed by atoms with E-state index in [1.54, 1.807) is 0 Å². The van der Waals surface area contributed by atoms with Gasteiger partial charge in [0.1, 0.15) is 11.2 Å². The van der Waals surface area contributed by atoms with Gasteiger partial charge in [-0.1, -0.05) is 364 Å². The fourth-order valence-electron chi connectivity index (χ4n) is 22.3. The third-order valence-corrected chi connectivity index (χ3v) is 30.1. The predicted octanol–water partition coefficient (Wildman–Crippen LogP) is 35.0. The van der Waals surface area contributed by atoms with Crippen molar-refractivity contribution in [3.8, 4) is 90.7 Å². The van der Waals surface area contributed by atoms with Gasteiger partial charge in [0, 0.05) is 124 Å². The minimum Gasteiger partial charge on any atom is -0.455 e. The zero-order valence-electron chi connectivity index (χ0n) is 77.5. The van der Waals surface area contributed by atoms with E-state index in [1.807, 2.05) is 29.5 Å². The highest BCUT2D eigenvalue weighted by Gasteiger charge is 2.27. The Balaban J connectivity index is 0.000000103. The molecule has 0 aliphatic rings. The quantitative estimate of drug-likeness (QED) is 0.134. The van der Waals surface area contributed by atoms with E-state index in [1.165, 1.54) is 118 Å². The first-order valence-electron chi connectivity index (χ1n) is 48.7. The summed E-state index contributed by atoms with van der Waals surface area (Å²) in [6.45, 7) is 0. The lowest BCUT2D eigenvalue weighted by Gasteiger charge is -2.14. The molecule has 0 spiro atoms. The topological polar surface area (TPSA) is 110 Å². The van der Waals surface area contributed by atoms with Gasteiger partial charge in [-0.05, 0) is 176 Å². The molecular weight excluding hydrogens is 1770 g/mol. The van der Waals surface area contributed by atoms with Gasteiger partial charge in [-0.2, -0.15) is 0 Å². The molecule has 0 bridgehead atoms. The van der Waals surface area contributed by atoms with Gasteiger partial charge in [0.05, 0.1) is 77.8 Å². The minimum absolute atomic E-state index is 0.653. The molecule has 670 valence electrons. The largest absolute Gasteiger partial charge is 0.455 e. The Morgan fingerprint density at radius 2 is 0.514 bits per heavy atom. The van der Waals surface area contributed by atoms with E-state index in [0.717, 1.165) is 149 Å². The Morgan fingerprint density at radius 1 is 0.188 bits per heavy atom. The van der Waals surface area contributed by atoms with Crippen LogP contribution >= 0.6 is 11.3 Å². The highest BCUT2D eigenvalue weighted by atomic mass is 32.1. The summed E-state index contributed by atoms with van der Waals surface area (Å²) in [5.74, 6) is 1.99. The second-order valence-corrected chi connectivity index (χ2v) is 38.1. The molecule has 0 radical (unpaired) electrons. The number of rotatable bonds is 10. The second-order valence-electron chi connectivity index (χ2n) is 37.1. The van der Waals surface area contributed by atoms with E-state index in [0.29, 0.717) is 17.8 Å². The van der Waals surface area contributed by atoms with Crippen molar-refractivity contribution in [1.29, 1.82) is 0 Å². The monoisotopic (exact) mass is 1850 g/mol. The van der Waals surface area contributed by atoms with Crippen molar-refractivity contribution in [3.05, 3.63) is 485 Å². The maximum absolute atomic E-state index is 6.41. The Labute approximate surface area is 828 Å². The number of nitrogens with zero attached hydrogens (tertiary/aromatic N) is 10. The molecule has 31 aromatic rings. The van der Waals surface area contributed by atoms with Crippen molar-refractivity contribution in [1.82, 2.24) is 48.2 Å². The molecule has 9 heterocycles. The van der Waals surface area contributed by atoms with E-state index >= 15 is 0 Å². The molecule has 0 aliphatic carbocycles. The number of thiophene rings is 1. The van der Waals surface area contributed by atoms with Gasteiger partial charge in [0.15, 0.2) is 0 Å². The average molecular weight is 1850 g/mol. The fourth-order valence-corrected chi connectivity index (χ4v) is 23.5. The number of fused-ring (bicyclic) bond motifs is 24. The van der Waals surface area contributed by atoms with Gasteiger partial charge in [0.25, 0.3) is 0 Å². The molecule has 9 aromatic heterocycles. The summed E-state index contributed by atoms with van der Waals surface area (Å²) in [4.78, 5) is 32.0. The van der Waals surface area contributed by atoms with Gasteiger partial charge in [0.2, 0.25) is 17.8 Å². The first-order valence-corrected chi connectivity index (χ1v) is 49.5. The van der Waals surface area contributed by atoms with Crippen molar-refractivity contribution in [3.63, 3.8) is 0 Å². The summed E-state index contributed by atoms with van der Waals surface area (Å²) in [5.41, 5.74) is 27.2. The van der Waals surface area contributed by atoms with Gasteiger partial charge >= 0.3 is 0 Å². The zero-order valence-corrected chi connectivity index (χ0v) is 78.3. The molecule has 31 rings (SSSR count). The Kier molecular flexibility index (Phi) is 19.0. The lowest BCUT2D eigenvalue weighted by molar-refractivity contribution is 0.670. The Bertz CT molecular complexity index is 10300. The molecule has 0 fully saturated rings. The van der Waals surface area contributed by atoms with E-state index in [-0.39, 0.29) is 0 Å². The molecule has 0 saturated heterocycles. The number of hydrogen-bond acceptors (Lipinski definition) is 8. The van der Waals surface area contributed by atoms with Crippen LogP contribution in [-0.2, 0) is 0 Å². The molecule has 22 aromatic carbocycles. The first-order chi connectivity index (χ1) is 71.4. The summed E-state index contributed by atoms with van der Waals surface area (Å²) in [6.07, 6.45) is 0. The van der Waals surface area contributed by atoms with Crippen LogP contribution in [0, 0.1) is 0 Å². The number of benzene rings is 22. The Morgan fingerprint density at radius 3 is 0.965 bits per heavy atom. The van der Waals surface area contributed by atoms with Gasteiger partial charge in [-0.3, -0.25) is 13.7 Å². The van der Waals surface area contributed by atoms with E-state index in [9.17, 15) is 0 Å². The van der Waals surface area contributed by atoms with Crippen molar-refractivity contribution >= 4 is 206 Å². The van der Waals surface area contributed by atoms with Crippen molar-refractivity contribution in [2.45, 2.75) is 0 Å². The summed E-state index contributed by atoms with van der Waals surface area (Å²) in [6, 6.07) is 172. The fraction of sp³-hybridized carbons (Fsp3) is 0. The third kappa shape index (κ3) is 13.4. The molecule has 0 saturated carbocycles. The van der Waals surface area contributed by atoms with E-state index in [2.05, 4.69) is 485 Å². The van der Waals surface area contributed by atoms with Crippen LogP contribution in [0.15, 0.2) is 490 Å². The van der Waals surface area contributed by atoms with Gasteiger partial charge < -0.3 is 8.98 Å². The lowest BCUT2D eigenvalue weighted by Crippen LogP contribution is -2.03. The molecule has 0 aliphatic heterocycles. The smallest absolute Gasteiger partial charge is 0.235 e. The minimum atomic E-state index is 0.653. The highest BCUT2D eigenvalue weighted by molar-refractivity contribution is 7.26. The van der Waals surface area contributed by atoms with Crippen LogP contribution in [0.4, 0.5) is 0 Å². The van der Waals surface area contributed by atoms with Gasteiger partial charge in [-0.25, -0.2) is 29.9 Å². The summed E-state index contributed by atoms with van der Waals surface area (Å²) in [7, 11) is 0. The van der Waals surface area contributed by atoms with Crippen LogP contribution in [0.3, 0.4) is 0 Å². The van der Waals surface area contributed by atoms with Crippen molar-refractivity contribution < 1.29 is 4.42 Å². The summed E-state index contributed by atoms with van der Waals surface area (Å²) in [5, 5.41) is 24.7. The molecule has 0 N–H and O–H groups in total.